The lowest BCUT2D eigenvalue weighted by molar-refractivity contribution is 0.0123. The highest BCUT2D eigenvalue weighted by atomic mass is 32.1. The van der Waals surface area contributed by atoms with Crippen molar-refractivity contribution in [2.24, 2.45) is 0 Å². The van der Waals surface area contributed by atoms with Crippen LogP contribution in [0.15, 0.2) is 0 Å². The van der Waals surface area contributed by atoms with Gasteiger partial charge in [0.2, 0.25) is 0 Å². The molecule has 5 nitrogen and oxygen atoms in total. The fourth-order valence-corrected chi connectivity index (χ4v) is 2.71. The summed E-state index contributed by atoms with van der Waals surface area (Å²) in [6.07, 6.45) is 2.70. The summed E-state index contributed by atoms with van der Waals surface area (Å²) in [6.45, 7) is 5.96. The van der Waals surface area contributed by atoms with Gasteiger partial charge in [-0.1, -0.05) is 4.49 Å². The average molecular weight is 256 g/mol. The largest absolute Gasteiger partial charge is 0.378 e. The van der Waals surface area contributed by atoms with E-state index in [0.717, 1.165) is 49.8 Å². The maximum Gasteiger partial charge on any atom is 0.134 e. The molecule has 6 heteroatoms. The summed E-state index contributed by atoms with van der Waals surface area (Å²) in [5, 5.41) is 8.39. The van der Waals surface area contributed by atoms with Crippen molar-refractivity contribution < 1.29 is 4.74 Å². The van der Waals surface area contributed by atoms with Crippen LogP contribution in [0.5, 0.6) is 0 Å². The van der Waals surface area contributed by atoms with Crippen LogP contribution in [-0.4, -0.2) is 47.3 Å². The van der Waals surface area contributed by atoms with Crippen molar-refractivity contribution in [3.05, 3.63) is 5.69 Å². The molecule has 1 fully saturated rings. The van der Waals surface area contributed by atoms with Crippen LogP contribution >= 0.6 is 11.5 Å². The predicted octanol–water partition coefficient (Wildman–Crippen LogP) is 1.58. The maximum absolute atomic E-state index is 5.65. The van der Waals surface area contributed by atoms with Crippen LogP contribution in [0.25, 0.3) is 0 Å². The van der Waals surface area contributed by atoms with Gasteiger partial charge in [0.1, 0.15) is 10.7 Å². The normalized spacial score (nSPS) is 18.5. The SMILES string of the molecule is CCOC1CCN(Cc2nnsc2NC)CC1. The third kappa shape index (κ3) is 3.37. The number of rotatable bonds is 5. The van der Waals surface area contributed by atoms with Gasteiger partial charge in [0.25, 0.3) is 0 Å². The second-order valence-corrected chi connectivity index (χ2v) is 4.98. The molecule has 1 aromatic heterocycles. The maximum atomic E-state index is 5.65. The lowest BCUT2D eigenvalue weighted by atomic mass is 10.1. The molecule has 96 valence electrons. The molecule has 0 spiro atoms. The number of anilines is 1. The summed E-state index contributed by atoms with van der Waals surface area (Å²) in [7, 11) is 1.92. The third-order valence-electron chi connectivity index (χ3n) is 3.09. The van der Waals surface area contributed by atoms with Gasteiger partial charge in [0.15, 0.2) is 0 Å². The van der Waals surface area contributed by atoms with Gasteiger partial charge in [-0.05, 0) is 19.8 Å². The molecule has 1 saturated heterocycles. The van der Waals surface area contributed by atoms with Crippen molar-refractivity contribution in [1.29, 1.82) is 0 Å². The molecule has 1 aliphatic rings. The fourth-order valence-electron chi connectivity index (χ4n) is 2.18. The van der Waals surface area contributed by atoms with Crippen molar-refractivity contribution in [1.82, 2.24) is 14.5 Å². The molecular formula is C11H20N4OS. The van der Waals surface area contributed by atoms with E-state index in [0.29, 0.717) is 6.10 Å². The molecule has 1 aromatic rings. The Morgan fingerprint density at radius 3 is 2.88 bits per heavy atom. The van der Waals surface area contributed by atoms with Gasteiger partial charge in [-0.25, -0.2) is 0 Å². The Morgan fingerprint density at radius 2 is 2.24 bits per heavy atom. The molecular weight excluding hydrogens is 236 g/mol. The van der Waals surface area contributed by atoms with Crippen molar-refractivity contribution in [3.8, 4) is 0 Å². The van der Waals surface area contributed by atoms with E-state index in [2.05, 4.69) is 26.7 Å². The minimum absolute atomic E-state index is 0.452. The quantitative estimate of drug-likeness (QED) is 0.867. The van der Waals surface area contributed by atoms with Gasteiger partial charge in [-0.15, -0.1) is 5.10 Å². The van der Waals surface area contributed by atoms with Crippen molar-refractivity contribution in [3.63, 3.8) is 0 Å². The zero-order valence-corrected chi connectivity index (χ0v) is 11.3. The summed E-state index contributed by atoms with van der Waals surface area (Å²) in [6, 6.07) is 0. The molecule has 0 radical (unpaired) electrons. The third-order valence-corrected chi connectivity index (χ3v) is 3.88. The Bertz CT molecular complexity index is 336. The highest BCUT2D eigenvalue weighted by Gasteiger charge is 2.20. The number of nitrogens with zero attached hydrogens (tertiary/aromatic N) is 3. The first-order chi connectivity index (χ1) is 8.33. The summed E-state index contributed by atoms with van der Waals surface area (Å²) in [4.78, 5) is 2.42. The first kappa shape index (κ1) is 12.7. The van der Waals surface area contributed by atoms with E-state index < -0.39 is 0 Å². The van der Waals surface area contributed by atoms with Crippen LogP contribution in [0.3, 0.4) is 0 Å². The van der Waals surface area contributed by atoms with E-state index in [4.69, 9.17) is 4.74 Å². The molecule has 17 heavy (non-hydrogen) atoms. The Morgan fingerprint density at radius 1 is 1.47 bits per heavy atom. The Kier molecular flexibility index (Phi) is 4.70. The Labute approximate surface area is 106 Å². The smallest absolute Gasteiger partial charge is 0.134 e. The van der Waals surface area contributed by atoms with E-state index in [1.807, 2.05) is 7.05 Å². The highest BCUT2D eigenvalue weighted by Crippen LogP contribution is 2.21. The number of nitrogens with one attached hydrogen (secondary N) is 1. The number of hydrogen-bond donors (Lipinski definition) is 1. The molecule has 0 aromatic carbocycles. The van der Waals surface area contributed by atoms with E-state index in [1.165, 1.54) is 11.5 Å². The zero-order valence-electron chi connectivity index (χ0n) is 10.5. The molecule has 0 amide bonds. The van der Waals surface area contributed by atoms with Gasteiger partial charge >= 0.3 is 0 Å². The van der Waals surface area contributed by atoms with Crippen molar-refractivity contribution in [2.45, 2.75) is 32.4 Å². The molecule has 0 saturated carbocycles. The van der Waals surface area contributed by atoms with Crippen molar-refractivity contribution in [2.75, 3.05) is 32.1 Å². The van der Waals surface area contributed by atoms with Gasteiger partial charge in [-0.3, -0.25) is 4.90 Å². The van der Waals surface area contributed by atoms with E-state index in [1.54, 1.807) is 0 Å². The lowest BCUT2D eigenvalue weighted by Gasteiger charge is -2.31. The minimum atomic E-state index is 0.452. The highest BCUT2D eigenvalue weighted by molar-refractivity contribution is 7.10. The molecule has 0 unspecified atom stereocenters. The van der Waals surface area contributed by atoms with Gasteiger partial charge in [0.05, 0.1) is 6.10 Å². The molecule has 0 bridgehead atoms. The van der Waals surface area contributed by atoms with Crippen LogP contribution in [0, 0.1) is 0 Å². The predicted molar refractivity (Wildman–Crippen MR) is 69.4 cm³/mol. The van der Waals surface area contributed by atoms with Crippen LogP contribution in [0.1, 0.15) is 25.5 Å². The van der Waals surface area contributed by atoms with Gasteiger partial charge in [0, 0.05) is 44.8 Å². The molecule has 1 aliphatic heterocycles. The van der Waals surface area contributed by atoms with E-state index >= 15 is 0 Å². The first-order valence-corrected chi connectivity index (χ1v) is 6.93. The topological polar surface area (TPSA) is 50.3 Å². The summed E-state index contributed by atoms with van der Waals surface area (Å²) < 4.78 is 9.63. The van der Waals surface area contributed by atoms with Crippen LogP contribution in [-0.2, 0) is 11.3 Å². The first-order valence-electron chi connectivity index (χ1n) is 6.16. The Balaban J connectivity index is 1.82. The molecule has 2 rings (SSSR count). The van der Waals surface area contributed by atoms with Crippen LogP contribution < -0.4 is 5.32 Å². The van der Waals surface area contributed by atoms with Gasteiger partial charge < -0.3 is 10.1 Å². The summed E-state index contributed by atoms with van der Waals surface area (Å²) >= 11 is 1.42. The summed E-state index contributed by atoms with van der Waals surface area (Å²) in [5.41, 5.74) is 1.06. The fraction of sp³-hybridized carbons (Fsp3) is 0.818. The number of likely N-dealkylation sites (tertiary alicyclic amines) is 1. The number of hydrogen-bond acceptors (Lipinski definition) is 6. The average Bonchev–Trinajstić information content (AvgIpc) is 2.79. The standard InChI is InChI=1S/C11H20N4OS/c1-3-16-9-4-6-15(7-5-9)8-10-11(12-2)17-14-13-10/h9,12H,3-8H2,1-2H3. The number of piperidine rings is 1. The zero-order chi connectivity index (χ0) is 12.1. The second kappa shape index (κ2) is 6.28. The minimum Gasteiger partial charge on any atom is -0.378 e. The molecule has 2 heterocycles. The lowest BCUT2D eigenvalue weighted by Crippen LogP contribution is -2.36. The monoisotopic (exact) mass is 256 g/mol. The molecule has 0 atom stereocenters. The van der Waals surface area contributed by atoms with Gasteiger partial charge in [-0.2, -0.15) is 0 Å². The number of aromatic nitrogens is 2. The summed E-state index contributed by atoms with van der Waals surface area (Å²) in [5.74, 6) is 0. The molecule has 1 N–H and O–H groups in total. The van der Waals surface area contributed by atoms with E-state index in [-0.39, 0.29) is 0 Å². The van der Waals surface area contributed by atoms with Crippen molar-refractivity contribution >= 4 is 16.5 Å². The Hall–Kier alpha value is -0.720. The number of ether oxygens (including phenoxy) is 1. The van der Waals surface area contributed by atoms with Crippen LogP contribution in [0.2, 0.25) is 0 Å². The van der Waals surface area contributed by atoms with E-state index in [9.17, 15) is 0 Å². The second-order valence-electron chi connectivity index (χ2n) is 4.23. The van der Waals surface area contributed by atoms with Crippen LogP contribution in [0.4, 0.5) is 5.00 Å². The molecule has 0 aliphatic carbocycles.